The molecule has 1 aliphatic rings. The number of aliphatic imine (C=N–C) groups is 1. The van der Waals surface area contributed by atoms with Crippen LogP contribution >= 0.6 is 11.8 Å². The standard InChI is InChI=1S/C18H19N5O5S/c1-4-29-18-20-13(11(2)21-22-18)9-10-14(17(25)28-3)19-16(24)12-7-5-6-8-15(12)23(26)27/h5-10H,4H2,1-3H3,(H,19,24)(H,20,22)/b13-9-,14-10-. The topological polar surface area (TPSA) is 135 Å². The molecule has 0 bridgehead atoms. The van der Waals surface area contributed by atoms with E-state index < -0.39 is 16.8 Å². The molecule has 10 nitrogen and oxygen atoms in total. The summed E-state index contributed by atoms with van der Waals surface area (Å²) < 4.78 is 4.69. The van der Waals surface area contributed by atoms with Crippen LogP contribution in [-0.2, 0) is 9.53 Å². The zero-order valence-corrected chi connectivity index (χ0v) is 16.8. The molecular weight excluding hydrogens is 398 g/mol. The van der Waals surface area contributed by atoms with Crippen molar-refractivity contribution in [3.05, 3.63) is 63.5 Å². The van der Waals surface area contributed by atoms with Gasteiger partial charge >= 0.3 is 5.97 Å². The molecule has 0 spiro atoms. The fourth-order valence-corrected chi connectivity index (χ4v) is 2.76. The van der Waals surface area contributed by atoms with Gasteiger partial charge in [0.05, 0.1) is 23.4 Å². The fourth-order valence-electron chi connectivity index (χ4n) is 2.21. The van der Waals surface area contributed by atoms with Crippen LogP contribution < -0.4 is 10.7 Å². The van der Waals surface area contributed by atoms with E-state index in [-0.39, 0.29) is 16.9 Å². The van der Waals surface area contributed by atoms with E-state index in [9.17, 15) is 19.7 Å². The van der Waals surface area contributed by atoms with Gasteiger partial charge in [-0.2, -0.15) is 5.10 Å². The Hall–Kier alpha value is -3.47. The van der Waals surface area contributed by atoms with E-state index in [1.807, 2.05) is 6.92 Å². The van der Waals surface area contributed by atoms with E-state index in [0.29, 0.717) is 16.6 Å². The molecule has 0 aliphatic carbocycles. The summed E-state index contributed by atoms with van der Waals surface area (Å²) in [6.07, 6.45) is 2.82. The number of hydrazone groups is 1. The Kier molecular flexibility index (Phi) is 7.66. The highest BCUT2D eigenvalue weighted by Crippen LogP contribution is 2.18. The highest BCUT2D eigenvalue weighted by Gasteiger charge is 2.22. The van der Waals surface area contributed by atoms with E-state index in [4.69, 9.17) is 0 Å². The lowest BCUT2D eigenvalue weighted by atomic mass is 10.1. The molecule has 2 N–H and O–H groups in total. The summed E-state index contributed by atoms with van der Waals surface area (Å²) >= 11 is 1.46. The number of hydrogen-bond donors (Lipinski definition) is 2. The summed E-state index contributed by atoms with van der Waals surface area (Å²) in [6.45, 7) is 3.70. The van der Waals surface area contributed by atoms with Crippen LogP contribution in [0.1, 0.15) is 24.2 Å². The van der Waals surface area contributed by atoms with E-state index in [1.165, 1.54) is 48.2 Å². The van der Waals surface area contributed by atoms with Gasteiger partial charge in [-0.15, -0.1) is 0 Å². The number of nitro groups is 1. The number of carbonyl (C=O) groups is 2. The maximum Gasteiger partial charge on any atom is 0.354 e. The number of methoxy groups -OCH3 is 1. The van der Waals surface area contributed by atoms with Crippen LogP contribution in [0.25, 0.3) is 0 Å². The van der Waals surface area contributed by atoms with Gasteiger partial charge in [0.25, 0.3) is 11.6 Å². The number of para-hydroxylation sites is 1. The number of esters is 1. The first kappa shape index (κ1) is 21.8. The second kappa shape index (κ2) is 10.2. The first-order valence-electron chi connectivity index (χ1n) is 8.44. The molecule has 11 heteroatoms. The molecule has 152 valence electrons. The number of carbonyl (C=O) groups excluding carboxylic acids is 2. The quantitative estimate of drug-likeness (QED) is 0.314. The minimum atomic E-state index is -0.815. The average Bonchev–Trinajstić information content (AvgIpc) is 2.72. The first-order valence-corrected chi connectivity index (χ1v) is 9.43. The van der Waals surface area contributed by atoms with Gasteiger partial charge in [0.1, 0.15) is 11.3 Å². The predicted molar refractivity (Wildman–Crippen MR) is 111 cm³/mol. The monoisotopic (exact) mass is 417 g/mol. The number of nitrogens with one attached hydrogen (secondary N) is 2. The summed E-state index contributed by atoms with van der Waals surface area (Å²) in [5.41, 5.74) is 3.12. The third-order valence-electron chi connectivity index (χ3n) is 3.60. The van der Waals surface area contributed by atoms with Crippen molar-refractivity contribution in [1.82, 2.24) is 10.7 Å². The maximum atomic E-state index is 12.5. The van der Waals surface area contributed by atoms with Crippen LogP contribution in [0.4, 0.5) is 5.69 Å². The molecule has 0 saturated carbocycles. The molecule has 0 saturated heterocycles. The minimum Gasteiger partial charge on any atom is -0.464 e. The van der Waals surface area contributed by atoms with Gasteiger partial charge < -0.3 is 10.1 Å². The van der Waals surface area contributed by atoms with Gasteiger partial charge in [-0.1, -0.05) is 30.8 Å². The Labute approximate surface area is 170 Å². The van der Waals surface area contributed by atoms with Crippen LogP contribution in [0.2, 0.25) is 0 Å². The Balaban J connectivity index is 2.34. The van der Waals surface area contributed by atoms with Gasteiger partial charge in [0, 0.05) is 6.07 Å². The predicted octanol–water partition coefficient (Wildman–Crippen LogP) is 2.35. The lowest BCUT2D eigenvalue weighted by Crippen LogP contribution is -2.28. The molecule has 2 rings (SSSR count). The van der Waals surface area contributed by atoms with Crippen LogP contribution in [0, 0.1) is 10.1 Å². The van der Waals surface area contributed by atoms with Gasteiger partial charge in [0.15, 0.2) is 5.17 Å². The Morgan fingerprint density at radius 3 is 2.76 bits per heavy atom. The molecule has 1 aromatic rings. The zero-order chi connectivity index (χ0) is 21.4. The number of benzene rings is 1. The van der Waals surface area contributed by atoms with E-state index in [1.54, 1.807) is 6.92 Å². The second-order valence-electron chi connectivity index (χ2n) is 5.51. The average molecular weight is 417 g/mol. The van der Waals surface area contributed by atoms with E-state index in [2.05, 4.69) is 25.6 Å². The summed E-state index contributed by atoms with van der Waals surface area (Å²) in [5.74, 6) is -0.832. The molecule has 1 amide bonds. The Bertz CT molecular complexity index is 952. The van der Waals surface area contributed by atoms with Crippen LogP contribution in [0.5, 0.6) is 0 Å². The molecule has 29 heavy (non-hydrogen) atoms. The normalized spacial score (nSPS) is 15.1. The first-order chi connectivity index (χ1) is 13.9. The number of nitro benzene ring substituents is 1. The van der Waals surface area contributed by atoms with Crippen molar-refractivity contribution >= 4 is 40.2 Å². The van der Waals surface area contributed by atoms with Gasteiger partial charge in [-0.25, -0.2) is 9.79 Å². The summed E-state index contributed by atoms with van der Waals surface area (Å²) in [6, 6.07) is 5.43. The van der Waals surface area contributed by atoms with Crippen molar-refractivity contribution in [3.63, 3.8) is 0 Å². The Morgan fingerprint density at radius 2 is 2.10 bits per heavy atom. The lowest BCUT2D eigenvalue weighted by molar-refractivity contribution is -0.385. The van der Waals surface area contributed by atoms with Gasteiger partial charge in [0.2, 0.25) is 0 Å². The number of amides is 1. The highest BCUT2D eigenvalue weighted by molar-refractivity contribution is 8.13. The van der Waals surface area contributed by atoms with Crippen LogP contribution in [-0.4, -0.2) is 40.5 Å². The lowest BCUT2D eigenvalue weighted by Gasteiger charge is -2.12. The number of rotatable bonds is 6. The van der Waals surface area contributed by atoms with Gasteiger partial charge in [-0.3, -0.25) is 20.3 Å². The van der Waals surface area contributed by atoms with Crippen molar-refractivity contribution in [2.24, 2.45) is 10.1 Å². The summed E-state index contributed by atoms with van der Waals surface area (Å²) in [5, 5.41) is 18.2. The number of amidine groups is 1. The zero-order valence-electron chi connectivity index (χ0n) is 16.0. The van der Waals surface area contributed by atoms with Crippen LogP contribution in [0.15, 0.2) is 57.9 Å². The molecule has 0 aromatic heterocycles. The smallest absolute Gasteiger partial charge is 0.354 e. The summed E-state index contributed by atoms with van der Waals surface area (Å²) in [7, 11) is 1.16. The number of thioether (sulfide) groups is 1. The highest BCUT2D eigenvalue weighted by atomic mass is 32.2. The number of allylic oxidation sites excluding steroid dienone is 3. The molecule has 1 heterocycles. The van der Waals surface area contributed by atoms with E-state index in [0.717, 1.165) is 12.9 Å². The molecule has 0 unspecified atom stereocenters. The minimum absolute atomic E-state index is 0.181. The Morgan fingerprint density at radius 1 is 1.38 bits per heavy atom. The van der Waals surface area contributed by atoms with Gasteiger partial charge in [-0.05, 0) is 30.9 Å². The molecule has 0 radical (unpaired) electrons. The van der Waals surface area contributed by atoms with Crippen molar-refractivity contribution in [2.45, 2.75) is 13.8 Å². The number of nitrogens with zero attached hydrogens (tertiary/aromatic N) is 3. The molecule has 1 aliphatic heterocycles. The van der Waals surface area contributed by atoms with Crippen molar-refractivity contribution in [3.8, 4) is 0 Å². The second-order valence-corrected chi connectivity index (χ2v) is 6.76. The molecular formula is C18H19N5O5S. The number of ether oxygens (including phenoxy) is 1. The maximum absolute atomic E-state index is 12.5. The fraction of sp³-hybridized carbons (Fsp3) is 0.222. The third kappa shape index (κ3) is 5.75. The van der Waals surface area contributed by atoms with E-state index >= 15 is 0 Å². The van der Waals surface area contributed by atoms with Crippen LogP contribution in [0.3, 0.4) is 0 Å². The molecule has 0 atom stereocenters. The van der Waals surface area contributed by atoms with Crippen molar-refractivity contribution in [1.29, 1.82) is 0 Å². The summed E-state index contributed by atoms with van der Waals surface area (Å²) in [4.78, 5) is 39.4. The SMILES string of the molecule is CCSC1=N/C(=C\C=C(/NC(=O)c2ccccc2[N+](=O)[O-])C(=O)OC)C(C)=NN1. The molecule has 1 aromatic carbocycles. The largest absolute Gasteiger partial charge is 0.464 e. The number of hydrogen-bond acceptors (Lipinski definition) is 9. The van der Waals surface area contributed by atoms with Crippen molar-refractivity contribution in [2.75, 3.05) is 12.9 Å². The third-order valence-corrected chi connectivity index (χ3v) is 4.34. The van der Waals surface area contributed by atoms with Crippen molar-refractivity contribution < 1.29 is 19.2 Å². The molecule has 0 fully saturated rings.